The Hall–Kier alpha value is -3.97. The van der Waals surface area contributed by atoms with Gasteiger partial charge >= 0.3 is 5.97 Å². The van der Waals surface area contributed by atoms with E-state index in [-0.39, 0.29) is 35.3 Å². The third-order valence-electron chi connectivity index (χ3n) is 8.18. The fraction of sp³-hybridized carbons (Fsp3) is 0.464. The average Bonchev–Trinajstić information content (AvgIpc) is 3.56. The zero-order valence-corrected chi connectivity index (χ0v) is 21.3. The second-order valence-corrected chi connectivity index (χ2v) is 10.9. The van der Waals surface area contributed by atoms with E-state index in [1.54, 1.807) is 12.3 Å². The summed E-state index contributed by atoms with van der Waals surface area (Å²) in [5, 5.41) is 18.8. The van der Waals surface area contributed by atoms with E-state index in [0.29, 0.717) is 42.8 Å². The number of carboxylic acid groups (broad SMARTS) is 1. The van der Waals surface area contributed by atoms with Crippen LogP contribution in [0.2, 0.25) is 0 Å². The summed E-state index contributed by atoms with van der Waals surface area (Å²) in [6, 6.07) is 9.93. The number of carboxylic acids is 1. The Bertz CT molecular complexity index is 1390. The molecule has 2 unspecified atom stereocenters. The highest BCUT2D eigenvalue weighted by atomic mass is 16.7. The first-order valence-corrected chi connectivity index (χ1v) is 13.0. The van der Waals surface area contributed by atoms with Crippen molar-refractivity contribution >= 4 is 17.7 Å². The van der Waals surface area contributed by atoms with Gasteiger partial charge in [0.1, 0.15) is 11.6 Å². The van der Waals surface area contributed by atoms with Gasteiger partial charge in [-0.25, -0.2) is 20.3 Å². The van der Waals surface area contributed by atoms with Gasteiger partial charge in [-0.05, 0) is 56.7 Å². The number of rotatable bonds is 6. The number of nitrogens with zero attached hydrogens (tertiary/aromatic N) is 4. The van der Waals surface area contributed by atoms with Crippen LogP contribution in [0.3, 0.4) is 0 Å². The molecule has 1 aromatic carbocycles. The van der Waals surface area contributed by atoms with Gasteiger partial charge in [0.2, 0.25) is 18.0 Å². The molecule has 2 fully saturated rings. The number of carbonyl (C=O) groups excluding carboxylic acids is 1. The number of likely N-dealkylation sites (tertiary alicyclic amines) is 1. The van der Waals surface area contributed by atoms with Gasteiger partial charge in [0.25, 0.3) is 0 Å². The van der Waals surface area contributed by atoms with Crippen LogP contribution in [0, 0.1) is 17.2 Å². The summed E-state index contributed by atoms with van der Waals surface area (Å²) in [7, 11) is 0. The maximum absolute atomic E-state index is 13.0. The number of aliphatic carboxylic acids is 1. The molecule has 1 saturated heterocycles. The Morgan fingerprint density at radius 1 is 1.37 bits per heavy atom. The van der Waals surface area contributed by atoms with Crippen LogP contribution < -0.4 is 10.2 Å². The minimum absolute atomic E-state index is 0.0227. The molecule has 2 N–H and O–H groups in total. The summed E-state index contributed by atoms with van der Waals surface area (Å²) < 4.78 is 5.62. The van der Waals surface area contributed by atoms with E-state index in [1.165, 1.54) is 0 Å². The van der Waals surface area contributed by atoms with Crippen molar-refractivity contribution in [2.75, 3.05) is 6.54 Å². The van der Waals surface area contributed by atoms with Gasteiger partial charge < -0.3 is 14.7 Å². The van der Waals surface area contributed by atoms with E-state index in [4.69, 9.17) is 14.6 Å². The molecule has 1 spiro atoms. The van der Waals surface area contributed by atoms with Crippen molar-refractivity contribution in [3.8, 4) is 11.9 Å². The Balaban J connectivity index is 1.24. The topological polar surface area (TPSA) is 137 Å². The minimum Gasteiger partial charge on any atom is -0.481 e. The van der Waals surface area contributed by atoms with Gasteiger partial charge in [0, 0.05) is 41.7 Å². The number of fused-ring (bicyclic) bond motifs is 2. The van der Waals surface area contributed by atoms with E-state index < -0.39 is 12.2 Å². The Kier molecular flexibility index (Phi) is 5.83. The molecule has 1 aromatic heterocycles. The number of aromatic nitrogens is 1. The third kappa shape index (κ3) is 3.98. The SMILES string of the molecule is CC(C)Oc1ncc(C2N=C(c3cccc4c3CCC43CC(=O)N(C4CC(C(=O)O)C4)C3)NO2)cc1C#N. The number of benzene rings is 1. The number of amides is 1. The number of nitriles is 1. The number of hydrogen-bond acceptors (Lipinski definition) is 8. The number of hydroxylamine groups is 1. The molecule has 1 amide bonds. The van der Waals surface area contributed by atoms with Gasteiger partial charge in [0.05, 0.1) is 12.0 Å². The Labute approximate surface area is 220 Å². The fourth-order valence-corrected chi connectivity index (χ4v) is 6.21. The van der Waals surface area contributed by atoms with Crippen molar-refractivity contribution in [1.29, 1.82) is 5.26 Å². The summed E-state index contributed by atoms with van der Waals surface area (Å²) in [4.78, 5) is 41.0. The number of amidine groups is 1. The average molecular weight is 516 g/mol. The lowest BCUT2D eigenvalue weighted by Crippen LogP contribution is -2.48. The summed E-state index contributed by atoms with van der Waals surface area (Å²) in [5.41, 5.74) is 6.93. The Morgan fingerprint density at radius 3 is 2.92 bits per heavy atom. The summed E-state index contributed by atoms with van der Waals surface area (Å²) in [5.74, 6) is -0.113. The molecule has 0 bridgehead atoms. The number of pyridine rings is 1. The van der Waals surface area contributed by atoms with Crippen LogP contribution >= 0.6 is 0 Å². The van der Waals surface area contributed by atoms with Crippen molar-refractivity contribution in [2.45, 2.75) is 69.7 Å². The van der Waals surface area contributed by atoms with Crippen molar-refractivity contribution in [2.24, 2.45) is 10.9 Å². The maximum Gasteiger partial charge on any atom is 0.306 e. The number of carbonyl (C=O) groups is 2. The molecule has 2 atom stereocenters. The lowest BCUT2D eigenvalue weighted by Gasteiger charge is -2.40. The highest BCUT2D eigenvalue weighted by Gasteiger charge is 2.52. The van der Waals surface area contributed by atoms with Crippen LogP contribution in [0.15, 0.2) is 35.5 Å². The summed E-state index contributed by atoms with van der Waals surface area (Å²) in [6.45, 7) is 4.38. The van der Waals surface area contributed by atoms with Crippen LogP contribution in [0.1, 0.15) is 73.6 Å². The summed E-state index contributed by atoms with van der Waals surface area (Å²) >= 11 is 0. The molecule has 3 heterocycles. The van der Waals surface area contributed by atoms with Gasteiger partial charge in [0.15, 0.2) is 5.84 Å². The van der Waals surface area contributed by atoms with E-state index in [2.05, 4.69) is 22.6 Å². The first-order chi connectivity index (χ1) is 18.3. The van der Waals surface area contributed by atoms with Crippen molar-refractivity contribution in [3.63, 3.8) is 0 Å². The van der Waals surface area contributed by atoms with Crippen molar-refractivity contribution in [1.82, 2.24) is 15.4 Å². The lowest BCUT2D eigenvalue weighted by atomic mass is 9.78. The quantitative estimate of drug-likeness (QED) is 0.599. The standard InChI is InChI=1S/C28H29N5O5/c1-15(2)37-25-17(12-29)8-18(13-30-25)26-31-24(32-38-26)21-4-3-5-22-20(21)6-7-28(22)11-23(34)33(14-28)19-9-16(10-19)27(35)36/h3-5,8,13,15-16,19,26H,6-7,9-11,14H2,1-2H3,(H,31,32)(H,35,36). The van der Waals surface area contributed by atoms with E-state index in [1.807, 2.05) is 30.9 Å². The predicted octanol–water partition coefficient (Wildman–Crippen LogP) is 3.00. The monoisotopic (exact) mass is 515 g/mol. The molecule has 10 nitrogen and oxygen atoms in total. The molecule has 2 aromatic rings. The first kappa shape index (κ1) is 24.4. The zero-order valence-electron chi connectivity index (χ0n) is 21.3. The second-order valence-electron chi connectivity index (χ2n) is 10.9. The van der Waals surface area contributed by atoms with Crippen LogP contribution in [0.5, 0.6) is 5.88 Å². The molecule has 38 heavy (non-hydrogen) atoms. The molecular formula is C28H29N5O5. The number of ether oxygens (including phenoxy) is 1. The molecular weight excluding hydrogens is 486 g/mol. The van der Waals surface area contributed by atoms with Crippen molar-refractivity contribution < 1.29 is 24.3 Å². The third-order valence-corrected chi connectivity index (χ3v) is 8.18. The number of aliphatic imine (C=N–C) groups is 1. The molecule has 2 aliphatic heterocycles. The summed E-state index contributed by atoms with van der Waals surface area (Å²) in [6.07, 6.45) is 4.05. The lowest BCUT2D eigenvalue weighted by molar-refractivity contribution is -0.149. The molecule has 0 radical (unpaired) electrons. The highest BCUT2D eigenvalue weighted by molar-refractivity contribution is 6.01. The van der Waals surface area contributed by atoms with Crippen LogP contribution in [-0.4, -0.2) is 51.4 Å². The van der Waals surface area contributed by atoms with Crippen molar-refractivity contribution in [3.05, 3.63) is 58.3 Å². The van der Waals surface area contributed by atoms with Crippen LogP contribution in [0.4, 0.5) is 0 Å². The normalized spacial score (nSPS) is 27.6. The largest absolute Gasteiger partial charge is 0.481 e. The number of hydrogen-bond donors (Lipinski definition) is 2. The molecule has 10 heteroatoms. The van der Waals surface area contributed by atoms with Crippen LogP contribution in [-0.2, 0) is 26.3 Å². The fourth-order valence-electron chi connectivity index (χ4n) is 6.21. The predicted molar refractivity (Wildman–Crippen MR) is 135 cm³/mol. The molecule has 4 aliphatic rings. The smallest absolute Gasteiger partial charge is 0.306 e. The number of nitrogens with one attached hydrogen (secondary N) is 1. The minimum atomic E-state index is -0.775. The highest BCUT2D eigenvalue weighted by Crippen LogP contribution is 2.49. The molecule has 2 aliphatic carbocycles. The maximum atomic E-state index is 13.0. The van der Waals surface area contributed by atoms with E-state index in [0.717, 1.165) is 29.5 Å². The van der Waals surface area contributed by atoms with Crippen LogP contribution in [0.25, 0.3) is 0 Å². The molecule has 1 saturated carbocycles. The van der Waals surface area contributed by atoms with E-state index in [9.17, 15) is 20.0 Å². The Morgan fingerprint density at radius 2 is 2.18 bits per heavy atom. The second kappa shape index (κ2) is 9.10. The van der Waals surface area contributed by atoms with Gasteiger partial charge in [-0.2, -0.15) is 5.26 Å². The first-order valence-electron chi connectivity index (χ1n) is 13.0. The molecule has 6 rings (SSSR count). The molecule has 196 valence electrons. The van der Waals surface area contributed by atoms with Gasteiger partial charge in [-0.1, -0.05) is 18.2 Å². The van der Waals surface area contributed by atoms with Gasteiger partial charge in [-0.15, -0.1) is 0 Å². The van der Waals surface area contributed by atoms with E-state index >= 15 is 0 Å². The zero-order chi connectivity index (χ0) is 26.6. The van der Waals surface area contributed by atoms with Gasteiger partial charge in [-0.3, -0.25) is 9.59 Å².